The summed E-state index contributed by atoms with van der Waals surface area (Å²) in [6, 6.07) is 7.43. The highest BCUT2D eigenvalue weighted by molar-refractivity contribution is 5.69. The van der Waals surface area contributed by atoms with Gasteiger partial charge in [-0.05, 0) is 63.8 Å². The Morgan fingerprint density at radius 3 is 2.55 bits per heavy atom. The molecule has 2 saturated heterocycles. The van der Waals surface area contributed by atoms with Crippen LogP contribution in [0.15, 0.2) is 36.5 Å². The number of nitrogens with one attached hydrogen (secondary N) is 3. The van der Waals surface area contributed by atoms with Crippen molar-refractivity contribution in [3.8, 4) is 5.75 Å². The molecule has 1 amide bonds. The van der Waals surface area contributed by atoms with Gasteiger partial charge in [0, 0.05) is 19.3 Å². The molecule has 1 aromatic rings. The van der Waals surface area contributed by atoms with Crippen molar-refractivity contribution < 1.29 is 28.5 Å². The summed E-state index contributed by atoms with van der Waals surface area (Å²) in [5.41, 5.74) is 0.355. The summed E-state index contributed by atoms with van der Waals surface area (Å²) in [7, 11) is 1.62. The number of ether oxygens (including phenoxy) is 4. The molecule has 9 heteroatoms. The average Bonchev–Trinajstić information content (AvgIpc) is 3.39. The summed E-state index contributed by atoms with van der Waals surface area (Å²) in [6.45, 7) is 7.52. The van der Waals surface area contributed by atoms with Crippen molar-refractivity contribution >= 4 is 12.2 Å². The molecular weight excluding hydrogens is 426 g/mol. The lowest BCUT2D eigenvalue weighted by Crippen LogP contribution is -2.42. The Morgan fingerprint density at radius 2 is 1.91 bits per heavy atom. The van der Waals surface area contributed by atoms with Crippen LogP contribution in [-0.4, -0.2) is 62.8 Å². The second-order valence-electron chi connectivity index (χ2n) is 9.31. The van der Waals surface area contributed by atoms with E-state index in [0.717, 1.165) is 30.8 Å². The van der Waals surface area contributed by atoms with Gasteiger partial charge < -0.3 is 29.6 Å². The van der Waals surface area contributed by atoms with Crippen LogP contribution in [0.4, 0.5) is 9.59 Å². The summed E-state index contributed by atoms with van der Waals surface area (Å²) in [5, 5.41) is 9.25. The summed E-state index contributed by atoms with van der Waals surface area (Å²) < 4.78 is 21.7. The minimum absolute atomic E-state index is 0.236. The highest BCUT2D eigenvalue weighted by Gasteiger charge is 2.42. The molecule has 0 radical (unpaired) electrons. The van der Waals surface area contributed by atoms with Gasteiger partial charge in [-0.3, -0.25) is 5.32 Å². The van der Waals surface area contributed by atoms with E-state index < -0.39 is 30.1 Å². The molecule has 3 N–H and O–H groups in total. The molecule has 0 saturated carbocycles. The molecule has 2 fully saturated rings. The SMILES string of the molecule is COc1ccc(C[C@H]2NC[C@H](OC(=O)OC(C)(C)C)[C@H]2OC(=O)N/C=C/[C@@H]2CCNC2)cc1. The van der Waals surface area contributed by atoms with E-state index in [1.54, 1.807) is 34.1 Å². The van der Waals surface area contributed by atoms with E-state index in [9.17, 15) is 9.59 Å². The smallest absolute Gasteiger partial charge is 0.497 e. The van der Waals surface area contributed by atoms with Gasteiger partial charge >= 0.3 is 12.2 Å². The molecule has 0 unspecified atom stereocenters. The molecule has 0 aromatic heterocycles. The van der Waals surface area contributed by atoms with Crippen LogP contribution in [0.3, 0.4) is 0 Å². The first-order valence-corrected chi connectivity index (χ1v) is 11.3. The normalized spacial score (nSPS) is 25.1. The second kappa shape index (κ2) is 11.4. The van der Waals surface area contributed by atoms with Crippen LogP contribution in [0, 0.1) is 5.92 Å². The maximum absolute atomic E-state index is 12.5. The topological polar surface area (TPSA) is 107 Å². The molecule has 3 rings (SSSR count). The Bertz CT molecular complexity index is 814. The standard InChI is InChI=1S/C24H35N3O6/c1-24(2,3)33-23(29)31-20-15-27-19(13-16-5-7-18(30-4)8-6-16)21(20)32-22(28)26-12-10-17-9-11-25-14-17/h5-8,10,12,17,19-21,25,27H,9,11,13-15H2,1-4H3,(H,26,28)/b12-10+/t17-,19+,20-,21-/m0/s1. The number of methoxy groups -OCH3 is 1. The number of hydrogen-bond donors (Lipinski definition) is 3. The van der Waals surface area contributed by atoms with Crippen LogP contribution in [0.25, 0.3) is 0 Å². The van der Waals surface area contributed by atoms with E-state index >= 15 is 0 Å². The van der Waals surface area contributed by atoms with Gasteiger partial charge in [0.2, 0.25) is 0 Å². The summed E-state index contributed by atoms with van der Waals surface area (Å²) in [5.74, 6) is 1.16. The van der Waals surface area contributed by atoms with E-state index in [1.807, 2.05) is 30.3 Å². The van der Waals surface area contributed by atoms with E-state index in [2.05, 4.69) is 16.0 Å². The number of rotatable bonds is 7. The minimum atomic E-state index is -0.790. The molecule has 33 heavy (non-hydrogen) atoms. The molecule has 2 aliphatic rings. The summed E-state index contributed by atoms with van der Waals surface area (Å²) in [6.07, 6.45) is 2.46. The summed E-state index contributed by atoms with van der Waals surface area (Å²) in [4.78, 5) is 24.7. The van der Waals surface area contributed by atoms with Gasteiger partial charge in [0.25, 0.3) is 0 Å². The predicted octanol–water partition coefficient (Wildman–Crippen LogP) is 2.75. The predicted molar refractivity (Wildman–Crippen MR) is 123 cm³/mol. The van der Waals surface area contributed by atoms with Crippen LogP contribution >= 0.6 is 0 Å². The fourth-order valence-electron chi connectivity index (χ4n) is 3.88. The van der Waals surface area contributed by atoms with Gasteiger partial charge in [-0.25, -0.2) is 9.59 Å². The third-order valence-corrected chi connectivity index (χ3v) is 5.51. The molecule has 2 aliphatic heterocycles. The van der Waals surface area contributed by atoms with Gasteiger partial charge in [-0.2, -0.15) is 0 Å². The molecule has 9 nitrogen and oxygen atoms in total. The van der Waals surface area contributed by atoms with Crippen molar-refractivity contribution in [3.63, 3.8) is 0 Å². The number of benzene rings is 1. The molecule has 2 heterocycles. The van der Waals surface area contributed by atoms with Gasteiger partial charge in [0.05, 0.1) is 13.2 Å². The Labute approximate surface area is 195 Å². The third-order valence-electron chi connectivity index (χ3n) is 5.51. The van der Waals surface area contributed by atoms with E-state index in [-0.39, 0.29) is 6.04 Å². The maximum atomic E-state index is 12.5. The highest BCUT2D eigenvalue weighted by Crippen LogP contribution is 2.22. The van der Waals surface area contributed by atoms with Crippen molar-refractivity contribution in [2.75, 3.05) is 26.7 Å². The van der Waals surface area contributed by atoms with E-state index in [0.29, 0.717) is 18.9 Å². The molecule has 182 valence electrons. The zero-order chi connectivity index (χ0) is 23.8. The van der Waals surface area contributed by atoms with Gasteiger partial charge in [0.15, 0.2) is 12.2 Å². The number of alkyl carbamates (subject to hydrolysis) is 1. The van der Waals surface area contributed by atoms with E-state index in [4.69, 9.17) is 18.9 Å². The Balaban J connectivity index is 1.64. The monoisotopic (exact) mass is 461 g/mol. The summed E-state index contributed by atoms with van der Waals surface area (Å²) >= 11 is 0. The Morgan fingerprint density at radius 1 is 1.15 bits per heavy atom. The van der Waals surface area contributed by atoms with Gasteiger partial charge in [-0.15, -0.1) is 0 Å². The lowest BCUT2D eigenvalue weighted by atomic mass is 10.0. The number of amides is 1. The molecule has 0 aliphatic carbocycles. The molecule has 1 aromatic carbocycles. The molecular formula is C24H35N3O6. The van der Waals surface area contributed by atoms with Crippen LogP contribution in [-0.2, 0) is 20.6 Å². The van der Waals surface area contributed by atoms with E-state index in [1.165, 1.54) is 0 Å². The zero-order valence-electron chi connectivity index (χ0n) is 19.8. The minimum Gasteiger partial charge on any atom is -0.497 e. The van der Waals surface area contributed by atoms with Gasteiger partial charge in [-0.1, -0.05) is 18.2 Å². The fourth-order valence-corrected chi connectivity index (χ4v) is 3.88. The first-order valence-electron chi connectivity index (χ1n) is 11.3. The lowest BCUT2D eigenvalue weighted by Gasteiger charge is -2.25. The van der Waals surface area contributed by atoms with Crippen molar-refractivity contribution in [2.24, 2.45) is 5.92 Å². The number of hydrogen-bond acceptors (Lipinski definition) is 8. The maximum Gasteiger partial charge on any atom is 0.509 e. The van der Waals surface area contributed by atoms with Crippen LogP contribution in [0.2, 0.25) is 0 Å². The first-order chi connectivity index (χ1) is 15.7. The Hall–Kier alpha value is -2.78. The van der Waals surface area contributed by atoms with Crippen LogP contribution in [0.1, 0.15) is 32.8 Å². The lowest BCUT2D eigenvalue weighted by molar-refractivity contribution is -0.0514. The number of carbonyl (C=O) groups is 2. The van der Waals surface area contributed by atoms with Gasteiger partial charge in [0.1, 0.15) is 11.4 Å². The van der Waals surface area contributed by atoms with Crippen molar-refractivity contribution in [1.82, 2.24) is 16.0 Å². The largest absolute Gasteiger partial charge is 0.509 e. The average molecular weight is 462 g/mol. The quantitative estimate of drug-likeness (QED) is 0.532. The fraction of sp³-hybridized carbons (Fsp3) is 0.583. The van der Waals surface area contributed by atoms with Crippen molar-refractivity contribution in [2.45, 2.75) is 57.5 Å². The zero-order valence-corrected chi connectivity index (χ0v) is 19.8. The first kappa shape index (κ1) is 24.9. The molecule has 0 spiro atoms. The van der Waals surface area contributed by atoms with Crippen molar-refractivity contribution in [1.29, 1.82) is 0 Å². The number of carbonyl (C=O) groups excluding carboxylic acids is 2. The molecule has 4 atom stereocenters. The second-order valence-corrected chi connectivity index (χ2v) is 9.31. The van der Waals surface area contributed by atoms with Crippen LogP contribution in [0.5, 0.6) is 5.75 Å². The Kier molecular flexibility index (Phi) is 8.57. The third kappa shape index (κ3) is 7.94. The highest BCUT2D eigenvalue weighted by atomic mass is 16.7. The van der Waals surface area contributed by atoms with Crippen molar-refractivity contribution in [3.05, 3.63) is 42.1 Å². The molecule has 0 bridgehead atoms. The van der Waals surface area contributed by atoms with Crippen LogP contribution < -0.4 is 20.7 Å².